The molecule has 0 saturated heterocycles. The van der Waals surface area contributed by atoms with E-state index in [-0.39, 0.29) is 18.6 Å². The number of nitrogens with one attached hydrogen (secondary N) is 1. The first-order valence-electron chi connectivity index (χ1n) is 10.1. The number of hydrogen-bond donors (Lipinski definition) is 1. The lowest BCUT2D eigenvalue weighted by atomic mass is 9.97. The molecule has 0 aromatic heterocycles. The van der Waals surface area contributed by atoms with E-state index in [1.54, 1.807) is 0 Å². The first kappa shape index (κ1) is 20.7. The quantitative estimate of drug-likeness (QED) is 0.564. The molecule has 1 atom stereocenters. The number of carbonyl (C=O) groups is 1. The first-order chi connectivity index (χ1) is 13.9. The normalized spacial score (nSPS) is 11.9. The number of hydrogen-bond acceptors (Lipinski definition) is 2. The minimum atomic E-state index is -0.214. The lowest BCUT2D eigenvalue weighted by Gasteiger charge is -2.21. The molecule has 0 spiro atoms. The zero-order valence-electron chi connectivity index (χ0n) is 17.6. The fraction of sp³-hybridized carbons (Fsp3) is 0.269. The molecule has 3 aromatic carbocycles. The number of carbonyl (C=O) groups excluding carboxylic acids is 1. The molecule has 0 aliphatic carbocycles. The van der Waals surface area contributed by atoms with Gasteiger partial charge in [0.15, 0.2) is 6.61 Å². The summed E-state index contributed by atoms with van der Waals surface area (Å²) in [6.45, 7) is 8.32. The standard InChI is InChI=1S/C26H29NO2/c1-18(2)23-14-13-20(4)16-24(23)29-17-25(28)27-26(21-10-6-5-7-11-21)22-12-8-9-19(3)15-22/h5-16,18,26H,17H2,1-4H3,(H,27,28)/t26-/m1/s1. The highest BCUT2D eigenvalue weighted by atomic mass is 16.5. The maximum atomic E-state index is 12.8. The van der Waals surface area contributed by atoms with Crippen LogP contribution >= 0.6 is 0 Å². The SMILES string of the molecule is Cc1cccc([C@H](NC(=O)COc2cc(C)ccc2C(C)C)c2ccccc2)c1. The van der Waals surface area contributed by atoms with Gasteiger partial charge in [-0.2, -0.15) is 0 Å². The summed E-state index contributed by atoms with van der Waals surface area (Å²) < 4.78 is 5.93. The molecule has 3 heteroatoms. The van der Waals surface area contributed by atoms with Crippen LogP contribution in [0.2, 0.25) is 0 Å². The summed E-state index contributed by atoms with van der Waals surface area (Å²) in [7, 11) is 0. The van der Waals surface area contributed by atoms with Crippen LogP contribution in [0.15, 0.2) is 72.8 Å². The molecule has 0 unspecified atom stereocenters. The third-order valence-corrected chi connectivity index (χ3v) is 4.96. The van der Waals surface area contributed by atoms with Crippen LogP contribution in [0.3, 0.4) is 0 Å². The molecule has 1 N–H and O–H groups in total. The molecule has 0 aliphatic rings. The Kier molecular flexibility index (Phi) is 6.71. The molecule has 0 bridgehead atoms. The van der Waals surface area contributed by atoms with Crippen molar-refractivity contribution in [1.29, 1.82) is 0 Å². The van der Waals surface area contributed by atoms with Gasteiger partial charge in [-0.3, -0.25) is 4.79 Å². The Hall–Kier alpha value is -3.07. The van der Waals surface area contributed by atoms with Gasteiger partial charge in [0, 0.05) is 0 Å². The summed E-state index contributed by atoms with van der Waals surface area (Å²) in [6.07, 6.45) is 0. The van der Waals surface area contributed by atoms with Crippen LogP contribution in [0.5, 0.6) is 5.75 Å². The van der Waals surface area contributed by atoms with Crippen molar-refractivity contribution in [3.8, 4) is 5.75 Å². The van der Waals surface area contributed by atoms with Crippen LogP contribution in [0.4, 0.5) is 0 Å². The van der Waals surface area contributed by atoms with Gasteiger partial charge in [-0.05, 0) is 48.1 Å². The first-order valence-corrected chi connectivity index (χ1v) is 10.1. The van der Waals surface area contributed by atoms with Gasteiger partial charge in [-0.25, -0.2) is 0 Å². The Morgan fingerprint density at radius 1 is 0.862 bits per heavy atom. The summed E-state index contributed by atoms with van der Waals surface area (Å²) in [5.41, 5.74) is 5.50. The van der Waals surface area contributed by atoms with Crippen LogP contribution < -0.4 is 10.1 Å². The minimum absolute atomic E-state index is 0.0156. The third-order valence-electron chi connectivity index (χ3n) is 4.96. The summed E-state index contributed by atoms with van der Waals surface area (Å²) in [5.74, 6) is 0.969. The van der Waals surface area contributed by atoms with E-state index in [1.807, 2.05) is 55.5 Å². The van der Waals surface area contributed by atoms with E-state index < -0.39 is 0 Å². The molecule has 0 heterocycles. The van der Waals surface area contributed by atoms with E-state index in [1.165, 1.54) is 0 Å². The van der Waals surface area contributed by atoms with E-state index in [0.29, 0.717) is 5.92 Å². The van der Waals surface area contributed by atoms with E-state index in [0.717, 1.165) is 33.6 Å². The van der Waals surface area contributed by atoms with Crippen molar-refractivity contribution in [3.63, 3.8) is 0 Å². The van der Waals surface area contributed by atoms with Gasteiger partial charge in [0.05, 0.1) is 6.04 Å². The second-order valence-corrected chi connectivity index (χ2v) is 7.81. The molecule has 3 aromatic rings. The van der Waals surface area contributed by atoms with Gasteiger partial charge in [0.2, 0.25) is 0 Å². The third kappa shape index (κ3) is 5.47. The number of ether oxygens (including phenoxy) is 1. The fourth-order valence-electron chi connectivity index (χ4n) is 3.44. The highest BCUT2D eigenvalue weighted by Crippen LogP contribution is 2.28. The van der Waals surface area contributed by atoms with Gasteiger partial charge < -0.3 is 10.1 Å². The molecular formula is C26H29NO2. The largest absolute Gasteiger partial charge is 0.483 e. The smallest absolute Gasteiger partial charge is 0.258 e. The average Bonchev–Trinajstić information content (AvgIpc) is 2.71. The Labute approximate surface area is 173 Å². The fourth-order valence-corrected chi connectivity index (χ4v) is 3.44. The van der Waals surface area contributed by atoms with E-state index in [2.05, 4.69) is 50.4 Å². The number of rotatable bonds is 7. The highest BCUT2D eigenvalue weighted by Gasteiger charge is 2.18. The molecule has 1 amide bonds. The second kappa shape index (κ2) is 9.42. The monoisotopic (exact) mass is 387 g/mol. The van der Waals surface area contributed by atoms with Crippen LogP contribution in [0.1, 0.15) is 53.6 Å². The number of benzene rings is 3. The molecule has 3 nitrogen and oxygen atoms in total. The van der Waals surface area contributed by atoms with Gasteiger partial charge >= 0.3 is 0 Å². The molecule has 3 rings (SSSR count). The maximum absolute atomic E-state index is 12.8. The summed E-state index contributed by atoms with van der Waals surface area (Å²) in [6, 6.07) is 24.2. The van der Waals surface area contributed by atoms with E-state index in [4.69, 9.17) is 4.74 Å². The van der Waals surface area contributed by atoms with Crippen molar-refractivity contribution >= 4 is 5.91 Å². The van der Waals surface area contributed by atoms with Crippen molar-refractivity contribution in [2.24, 2.45) is 0 Å². The van der Waals surface area contributed by atoms with Crippen molar-refractivity contribution in [2.75, 3.05) is 6.61 Å². The maximum Gasteiger partial charge on any atom is 0.258 e. The number of aryl methyl sites for hydroxylation is 2. The van der Waals surface area contributed by atoms with Gasteiger partial charge in [0.25, 0.3) is 5.91 Å². The van der Waals surface area contributed by atoms with Crippen molar-refractivity contribution < 1.29 is 9.53 Å². The molecule has 0 radical (unpaired) electrons. The van der Waals surface area contributed by atoms with Crippen LogP contribution in [0, 0.1) is 13.8 Å². The summed E-state index contributed by atoms with van der Waals surface area (Å²) >= 11 is 0. The molecule has 0 saturated carbocycles. The van der Waals surface area contributed by atoms with E-state index >= 15 is 0 Å². The molecular weight excluding hydrogens is 358 g/mol. The predicted octanol–water partition coefficient (Wildman–Crippen LogP) is 5.71. The zero-order valence-corrected chi connectivity index (χ0v) is 17.6. The van der Waals surface area contributed by atoms with Crippen molar-refractivity contribution in [1.82, 2.24) is 5.32 Å². The summed E-state index contributed by atoms with van der Waals surface area (Å²) in [5, 5.41) is 3.15. The Bertz CT molecular complexity index is 963. The van der Waals surface area contributed by atoms with Gasteiger partial charge in [0.1, 0.15) is 5.75 Å². The second-order valence-electron chi connectivity index (χ2n) is 7.81. The average molecular weight is 388 g/mol. The molecule has 0 aliphatic heterocycles. The lowest BCUT2D eigenvalue weighted by Crippen LogP contribution is -2.33. The Morgan fingerprint density at radius 2 is 1.55 bits per heavy atom. The molecule has 29 heavy (non-hydrogen) atoms. The van der Waals surface area contributed by atoms with Crippen LogP contribution in [-0.2, 0) is 4.79 Å². The van der Waals surface area contributed by atoms with Gasteiger partial charge in [-0.1, -0.05) is 86.1 Å². The highest BCUT2D eigenvalue weighted by molar-refractivity contribution is 5.78. The van der Waals surface area contributed by atoms with Crippen molar-refractivity contribution in [3.05, 3.63) is 101 Å². The Morgan fingerprint density at radius 3 is 2.24 bits per heavy atom. The zero-order chi connectivity index (χ0) is 20.8. The van der Waals surface area contributed by atoms with Gasteiger partial charge in [-0.15, -0.1) is 0 Å². The molecule has 150 valence electrons. The topological polar surface area (TPSA) is 38.3 Å². The molecule has 0 fully saturated rings. The summed E-state index contributed by atoms with van der Waals surface area (Å²) in [4.78, 5) is 12.8. The predicted molar refractivity (Wildman–Crippen MR) is 118 cm³/mol. The minimum Gasteiger partial charge on any atom is -0.483 e. The van der Waals surface area contributed by atoms with Crippen molar-refractivity contribution in [2.45, 2.75) is 39.7 Å². The van der Waals surface area contributed by atoms with Crippen LogP contribution in [0.25, 0.3) is 0 Å². The Balaban J connectivity index is 1.77. The lowest BCUT2D eigenvalue weighted by molar-refractivity contribution is -0.123. The van der Waals surface area contributed by atoms with Crippen LogP contribution in [-0.4, -0.2) is 12.5 Å². The van der Waals surface area contributed by atoms with E-state index in [9.17, 15) is 4.79 Å². The number of amides is 1.